The summed E-state index contributed by atoms with van der Waals surface area (Å²) >= 11 is 0. The van der Waals surface area contributed by atoms with E-state index in [4.69, 9.17) is 0 Å². The average molecular weight is 326 g/mol. The van der Waals surface area contributed by atoms with Gasteiger partial charge in [-0.05, 0) is 32.5 Å². The van der Waals surface area contributed by atoms with Crippen molar-refractivity contribution in [2.45, 2.75) is 25.9 Å². The molecule has 0 aliphatic carbocycles. The van der Waals surface area contributed by atoms with Crippen LogP contribution >= 0.6 is 0 Å². The highest BCUT2D eigenvalue weighted by atomic mass is 16.1. The Morgan fingerprint density at radius 1 is 1.29 bits per heavy atom. The number of carbonyl (C=O) groups excluding carboxylic acids is 1. The van der Waals surface area contributed by atoms with E-state index in [-0.39, 0.29) is 5.91 Å². The summed E-state index contributed by atoms with van der Waals surface area (Å²) < 4.78 is 2.08. The Morgan fingerprint density at radius 3 is 2.75 bits per heavy atom. The summed E-state index contributed by atoms with van der Waals surface area (Å²) in [6.07, 6.45) is 5.33. The van der Waals surface area contributed by atoms with E-state index in [1.165, 1.54) is 5.56 Å². The van der Waals surface area contributed by atoms with Gasteiger partial charge in [0.1, 0.15) is 5.82 Å². The molecule has 0 unspecified atom stereocenters. The smallest absolute Gasteiger partial charge is 0.247 e. The number of rotatable bonds is 9. The summed E-state index contributed by atoms with van der Waals surface area (Å²) in [7, 11) is 3.96. The molecule has 1 heterocycles. The molecule has 0 aliphatic rings. The van der Waals surface area contributed by atoms with Crippen molar-refractivity contribution < 1.29 is 4.79 Å². The minimum atomic E-state index is -0.102. The lowest BCUT2D eigenvalue weighted by Crippen LogP contribution is -2.27. The molecule has 0 saturated heterocycles. The molecule has 1 aromatic carbocycles. The first-order valence-corrected chi connectivity index (χ1v) is 8.21. The Hall–Kier alpha value is -2.40. The number of nitrogens with zero attached hydrogens (tertiary/aromatic N) is 3. The van der Waals surface area contributed by atoms with Gasteiger partial charge in [0, 0.05) is 31.1 Å². The van der Waals surface area contributed by atoms with Crippen LogP contribution in [0.4, 0.5) is 0 Å². The zero-order valence-corrected chi connectivity index (χ0v) is 14.5. The molecular formula is C19H26N4O. The molecule has 128 valence electrons. The summed E-state index contributed by atoms with van der Waals surface area (Å²) in [6, 6.07) is 10.3. The first kappa shape index (κ1) is 17.9. The number of amides is 1. The molecule has 0 radical (unpaired) electrons. The number of aromatic nitrogens is 2. The van der Waals surface area contributed by atoms with Gasteiger partial charge >= 0.3 is 0 Å². The highest BCUT2D eigenvalue weighted by molar-refractivity contribution is 5.92. The fourth-order valence-corrected chi connectivity index (χ4v) is 2.36. The molecule has 24 heavy (non-hydrogen) atoms. The van der Waals surface area contributed by atoms with Gasteiger partial charge in [-0.3, -0.25) is 4.79 Å². The largest absolute Gasteiger partial charge is 0.345 e. The molecule has 1 aromatic heterocycles. The fourth-order valence-electron chi connectivity index (χ4n) is 2.36. The Labute approximate surface area is 144 Å². The van der Waals surface area contributed by atoms with Crippen LogP contribution in [0.2, 0.25) is 0 Å². The summed E-state index contributed by atoms with van der Waals surface area (Å²) in [5.74, 6) is 0.758. The van der Waals surface area contributed by atoms with Gasteiger partial charge < -0.3 is 14.8 Å². The topological polar surface area (TPSA) is 50.2 Å². The summed E-state index contributed by atoms with van der Waals surface area (Å²) in [6.45, 7) is 5.94. The molecule has 2 rings (SSSR count). The maximum Gasteiger partial charge on any atom is 0.247 e. The first-order chi connectivity index (χ1) is 11.6. The number of imidazole rings is 1. The predicted octanol–water partition coefficient (Wildman–Crippen LogP) is 2.25. The lowest BCUT2D eigenvalue weighted by molar-refractivity contribution is -0.117. The van der Waals surface area contributed by atoms with Gasteiger partial charge in [0.25, 0.3) is 0 Å². The molecule has 1 amide bonds. The number of nitrogens with one attached hydrogen (secondary N) is 1. The second-order valence-corrected chi connectivity index (χ2v) is 6.11. The number of carbonyl (C=O) groups is 1. The number of hydrogen-bond acceptors (Lipinski definition) is 3. The van der Waals surface area contributed by atoms with Crippen molar-refractivity contribution in [3.05, 3.63) is 66.3 Å². The van der Waals surface area contributed by atoms with Gasteiger partial charge in [0.2, 0.25) is 5.91 Å². The minimum absolute atomic E-state index is 0.102. The van der Waals surface area contributed by atoms with Crippen LogP contribution in [-0.2, 0) is 24.3 Å². The normalized spacial score (nSPS) is 10.8. The van der Waals surface area contributed by atoms with E-state index in [2.05, 4.69) is 33.6 Å². The van der Waals surface area contributed by atoms with E-state index in [0.717, 1.165) is 25.3 Å². The second-order valence-electron chi connectivity index (χ2n) is 6.11. The summed E-state index contributed by atoms with van der Waals surface area (Å²) in [4.78, 5) is 18.5. The summed E-state index contributed by atoms with van der Waals surface area (Å²) in [5, 5.41) is 2.91. The van der Waals surface area contributed by atoms with Crippen molar-refractivity contribution in [3.63, 3.8) is 0 Å². The Bertz CT molecular complexity index is 661. The van der Waals surface area contributed by atoms with E-state index >= 15 is 0 Å². The lowest BCUT2D eigenvalue weighted by Gasteiger charge is -2.12. The van der Waals surface area contributed by atoms with Gasteiger partial charge in [-0.15, -0.1) is 0 Å². The van der Waals surface area contributed by atoms with Crippen molar-refractivity contribution in [1.82, 2.24) is 19.8 Å². The van der Waals surface area contributed by atoms with Gasteiger partial charge in [0.15, 0.2) is 0 Å². The number of benzene rings is 1. The molecule has 0 atom stereocenters. The monoisotopic (exact) mass is 326 g/mol. The fraction of sp³-hybridized carbons (Fsp3) is 0.368. The Morgan fingerprint density at radius 2 is 2.04 bits per heavy atom. The Kier molecular flexibility index (Phi) is 6.75. The van der Waals surface area contributed by atoms with Gasteiger partial charge in [0.05, 0.1) is 6.54 Å². The number of hydrogen-bond donors (Lipinski definition) is 1. The number of aryl methyl sites for hydroxylation is 2. The zero-order chi connectivity index (χ0) is 17.4. The van der Waals surface area contributed by atoms with E-state index in [1.807, 2.05) is 43.4 Å². The van der Waals surface area contributed by atoms with E-state index < -0.39 is 0 Å². The first-order valence-electron chi connectivity index (χ1n) is 8.21. The molecule has 0 fully saturated rings. The third-order valence-corrected chi connectivity index (χ3v) is 3.87. The van der Waals surface area contributed by atoms with Crippen molar-refractivity contribution in [1.29, 1.82) is 0 Å². The van der Waals surface area contributed by atoms with Crippen LogP contribution in [0.1, 0.15) is 17.8 Å². The molecular weight excluding hydrogens is 300 g/mol. The van der Waals surface area contributed by atoms with E-state index in [9.17, 15) is 4.79 Å². The highest BCUT2D eigenvalue weighted by Crippen LogP contribution is 2.05. The van der Waals surface area contributed by atoms with Crippen LogP contribution in [0.5, 0.6) is 0 Å². The minimum Gasteiger partial charge on any atom is -0.345 e. The molecule has 0 spiro atoms. The Balaban J connectivity index is 1.82. The zero-order valence-electron chi connectivity index (χ0n) is 14.5. The summed E-state index contributed by atoms with van der Waals surface area (Å²) in [5.41, 5.74) is 1.89. The van der Waals surface area contributed by atoms with Gasteiger partial charge in [-0.2, -0.15) is 0 Å². The van der Waals surface area contributed by atoms with Gasteiger partial charge in [-0.1, -0.05) is 36.9 Å². The molecule has 5 heteroatoms. The maximum absolute atomic E-state index is 12.1. The van der Waals surface area contributed by atoms with E-state index in [0.29, 0.717) is 18.5 Å². The van der Waals surface area contributed by atoms with Crippen molar-refractivity contribution in [2.75, 3.05) is 20.6 Å². The molecule has 2 aromatic rings. The highest BCUT2D eigenvalue weighted by Gasteiger charge is 2.09. The molecule has 0 bridgehead atoms. The van der Waals surface area contributed by atoms with Crippen LogP contribution in [0.25, 0.3) is 0 Å². The van der Waals surface area contributed by atoms with Crippen LogP contribution in [0.15, 0.2) is 54.9 Å². The van der Waals surface area contributed by atoms with Crippen molar-refractivity contribution >= 4 is 5.91 Å². The maximum atomic E-state index is 12.1. The van der Waals surface area contributed by atoms with E-state index in [1.54, 1.807) is 6.20 Å². The van der Waals surface area contributed by atoms with Crippen LogP contribution in [-0.4, -0.2) is 41.0 Å². The van der Waals surface area contributed by atoms with Gasteiger partial charge in [-0.25, -0.2) is 4.98 Å². The van der Waals surface area contributed by atoms with Crippen molar-refractivity contribution in [3.8, 4) is 0 Å². The quantitative estimate of drug-likeness (QED) is 0.719. The lowest BCUT2D eigenvalue weighted by atomic mass is 10.1. The molecule has 0 saturated carbocycles. The van der Waals surface area contributed by atoms with Crippen molar-refractivity contribution in [2.24, 2.45) is 0 Å². The molecule has 0 aliphatic heterocycles. The molecule has 1 N–H and O–H groups in total. The SMILES string of the molecule is C=C(CCN(C)C)C(=O)NCc1nccn1CCc1ccccc1. The second kappa shape index (κ2) is 9.03. The van der Waals surface area contributed by atoms with Crippen LogP contribution < -0.4 is 5.32 Å². The standard InChI is InChI=1S/C19H26N4O/c1-16(9-12-22(2)3)19(24)21-15-18-20-11-14-23(18)13-10-17-7-5-4-6-8-17/h4-8,11,14H,1,9-10,12-13,15H2,2-3H3,(H,21,24). The average Bonchev–Trinajstić information content (AvgIpc) is 3.04. The third kappa shape index (κ3) is 5.66. The predicted molar refractivity (Wildman–Crippen MR) is 96.5 cm³/mol. The molecule has 5 nitrogen and oxygen atoms in total. The van der Waals surface area contributed by atoms with Crippen LogP contribution in [0.3, 0.4) is 0 Å². The third-order valence-electron chi connectivity index (χ3n) is 3.87. The van der Waals surface area contributed by atoms with Crippen LogP contribution in [0, 0.1) is 0 Å².